The molecule has 0 heterocycles. The van der Waals surface area contributed by atoms with Crippen molar-refractivity contribution in [2.75, 3.05) is 18.1 Å². The van der Waals surface area contributed by atoms with Gasteiger partial charge in [-0.2, -0.15) is 0 Å². The molecule has 0 radical (unpaired) electrons. The van der Waals surface area contributed by atoms with E-state index < -0.39 is 5.97 Å². The summed E-state index contributed by atoms with van der Waals surface area (Å²) in [4.78, 5) is 24.5. The number of para-hydroxylation sites is 1. The predicted molar refractivity (Wildman–Crippen MR) is 90.2 cm³/mol. The van der Waals surface area contributed by atoms with Gasteiger partial charge in [-0.05, 0) is 24.6 Å². The molecule has 4 heteroatoms. The average molecular weight is 311 g/mol. The summed E-state index contributed by atoms with van der Waals surface area (Å²) < 4.78 is 5.14. The van der Waals surface area contributed by atoms with Crippen molar-refractivity contribution in [2.45, 2.75) is 19.9 Å². The maximum absolute atomic E-state index is 11.5. The number of anilines is 1. The Hall–Kier alpha value is -2.62. The molecule has 0 unspecified atom stereocenters. The number of carbonyl (C=O) groups excluding carboxylic acids is 2. The lowest BCUT2D eigenvalue weighted by atomic mass is 10.2. The number of Topliss-reactive ketones (excluding diaryl/α,β-unsaturated/α-hetero) is 1. The van der Waals surface area contributed by atoms with E-state index in [0.717, 1.165) is 12.2 Å². The molecular formula is C19H21NO3. The highest BCUT2D eigenvalue weighted by molar-refractivity contribution is 5.94. The summed E-state index contributed by atoms with van der Waals surface area (Å²) in [6.07, 6.45) is -0.163. The highest BCUT2D eigenvalue weighted by Crippen LogP contribution is 2.16. The maximum Gasteiger partial charge on any atom is 0.313 e. The zero-order chi connectivity index (χ0) is 16.5. The molecule has 2 aromatic rings. The molecule has 0 aliphatic heterocycles. The molecule has 0 spiro atoms. The van der Waals surface area contributed by atoms with Gasteiger partial charge in [-0.15, -0.1) is 0 Å². The number of esters is 1. The SMILES string of the molecule is CC(=O)CC(=O)OCCN(Cc1ccccc1)c1ccccc1. The number of benzene rings is 2. The van der Waals surface area contributed by atoms with Crippen LogP contribution in [0.3, 0.4) is 0 Å². The number of hydrogen-bond acceptors (Lipinski definition) is 4. The molecule has 120 valence electrons. The summed E-state index contributed by atoms with van der Waals surface area (Å²) in [5, 5.41) is 0. The third-order valence-corrected chi connectivity index (χ3v) is 3.36. The van der Waals surface area contributed by atoms with Crippen molar-refractivity contribution in [3.8, 4) is 0 Å². The van der Waals surface area contributed by atoms with E-state index in [9.17, 15) is 9.59 Å². The van der Waals surface area contributed by atoms with Gasteiger partial charge in [0.05, 0.1) is 6.54 Å². The second-order valence-corrected chi connectivity index (χ2v) is 5.34. The number of hydrogen-bond donors (Lipinski definition) is 0. The van der Waals surface area contributed by atoms with Crippen molar-refractivity contribution >= 4 is 17.4 Å². The molecule has 4 nitrogen and oxygen atoms in total. The van der Waals surface area contributed by atoms with Gasteiger partial charge in [-0.3, -0.25) is 9.59 Å². The Morgan fingerprint density at radius 1 is 0.957 bits per heavy atom. The van der Waals surface area contributed by atoms with Crippen LogP contribution in [-0.2, 0) is 20.9 Å². The Labute approximate surface area is 136 Å². The Morgan fingerprint density at radius 3 is 2.17 bits per heavy atom. The summed E-state index contributed by atoms with van der Waals surface area (Å²) in [6, 6.07) is 20.1. The van der Waals surface area contributed by atoms with Gasteiger partial charge in [0.1, 0.15) is 18.8 Å². The minimum atomic E-state index is -0.467. The average Bonchev–Trinajstić information content (AvgIpc) is 2.55. The van der Waals surface area contributed by atoms with Crippen LogP contribution >= 0.6 is 0 Å². The molecule has 0 N–H and O–H groups in total. The van der Waals surface area contributed by atoms with E-state index in [1.165, 1.54) is 12.5 Å². The lowest BCUT2D eigenvalue weighted by Gasteiger charge is -2.24. The van der Waals surface area contributed by atoms with E-state index >= 15 is 0 Å². The smallest absolute Gasteiger partial charge is 0.313 e. The molecule has 0 aliphatic carbocycles. The van der Waals surface area contributed by atoms with Gasteiger partial charge in [-0.1, -0.05) is 48.5 Å². The minimum absolute atomic E-state index is 0.163. The molecule has 0 bridgehead atoms. The molecule has 0 amide bonds. The number of nitrogens with zero attached hydrogens (tertiary/aromatic N) is 1. The summed E-state index contributed by atoms with van der Waals surface area (Å²) in [5.74, 6) is -0.649. The van der Waals surface area contributed by atoms with E-state index in [1.807, 2.05) is 48.5 Å². The van der Waals surface area contributed by atoms with Gasteiger partial charge in [0.15, 0.2) is 0 Å². The fourth-order valence-corrected chi connectivity index (χ4v) is 2.27. The Kier molecular flexibility index (Phi) is 6.36. The monoisotopic (exact) mass is 311 g/mol. The molecule has 0 atom stereocenters. The number of rotatable bonds is 8. The lowest BCUT2D eigenvalue weighted by Crippen LogP contribution is -2.28. The topological polar surface area (TPSA) is 46.6 Å². The van der Waals surface area contributed by atoms with E-state index in [4.69, 9.17) is 4.74 Å². The first-order chi connectivity index (χ1) is 11.1. The fourth-order valence-electron chi connectivity index (χ4n) is 2.27. The van der Waals surface area contributed by atoms with Crippen molar-refractivity contribution in [1.29, 1.82) is 0 Å². The van der Waals surface area contributed by atoms with Crippen LogP contribution in [0, 0.1) is 0 Å². The molecule has 2 rings (SSSR count). The lowest BCUT2D eigenvalue weighted by molar-refractivity contribution is -0.145. The second kappa shape index (κ2) is 8.73. The van der Waals surface area contributed by atoms with Crippen LogP contribution in [0.15, 0.2) is 60.7 Å². The first-order valence-corrected chi connectivity index (χ1v) is 7.64. The Bertz CT molecular complexity index is 626. The highest BCUT2D eigenvalue weighted by Gasteiger charge is 2.10. The van der Waals surface area contributed by atoms with Crippen molar-refractivity contribution < 1.29 is 14.3 Å². The van der Waals surface area contributed by atoms with E-state index in [0.29, 0.717) is 6.54 Å². The summed E-state index contributed by atoms with van der Waals surface area (Å²) in [7, 11) is 0. The van der Waals surface area contributed by atoms with Gasteiger partial charge in [-0.25, -0.2) is 0 Å². The standard InChI is InChI=1S/C19H21NO3/c1-16(21)14-19(22)23-13-12-20(18-10-6-3-7-11-18)15-17-8-4-2-5-9-17/h2-11H,12-15H2,1H3. The molecule has 0 fully saturated rings. The van der Waals surface area contributed by atoms with Crippen LogP contribution in [0.5, 0.6) is 0 Å². The largest absolute Gasteiger partial charge is 0.463 e. The third-order valence-electron chi connectivity index (χ3n) is 3.36. The normalized spacial score (nSPS) is 10.1. The van der Waals surface area contributed by atoms with Gasteiger partial charge in [0.2, 0.25) is 0 Å². The van der Waals surface area contributed by atoms with Crippen molar-refractivity contribution in [3.63, 3.8) is 0 Å². The molecule has 0 aromatic heterocycles. The molecule has 23 heavy (non-hydrogen) atoms. The van der Waals surface area contributed by atoms with Gasteiger partial charge < -0.3 is 9.64 Å². The van der Waals surface area contributed by atoms with Crippen molar-refractivity contribution in [1.82, 2.24) is 0 Å². The predicted octanol–water partition coefficient (Wildman–Crippen LogP) is 3.22. The van der Waals surface area contributed by atoms with Gasteiger partial charge >= 0.3 is 5.97 Å². The van der Waals surface area contributed by atoms with Gasteiger partial charge in [0, 0.05) is 12.2 Å². The van der Waals surface area contributed by atoms with Crippen LogP contribution in [0.25, 0.3) is 0 Å². The van der Waals surface area contributed by atoms with Crippen LogP contribution in [-0.4, -0.2) is 24.9 Å². The van der Waals surface area contributed by atoms with E-state index in [-0.39, 0.29) is 18.8 Å². The maximum atomic E-state index is 11.5. The molecule has 0 saturated carbocycles. The number of ether oxygens (including phenoxy) is 1. The highest BCUT2D eigenvalue weighted by atomic mass is 16.5. The van der Waals surface area contributed by atoms with Gasteiger partial charge in [0.25, 0.3) is 0 Å². The molecule has 0 saturated heterocycles. The van der Waals surface area contributed by atoms with E-state index in [1.54, 1.807) is 0 Å². The third kappa shape index (κ3) is 5.94. The van der Waals surface area contributed by atoms with Crippen LogP contribution < -0.4 is 4.90 Å². The quantitative estimate of drug-likeness (QED) is 0.555. The number of carbonyl (C=O) groups is 2. The van der Waals surface area contributed by atoms with E-state index in [2.05, 4.69) is 17.0 Å². The fraction of sp³-hybridized carbons (Fsp3) is 0.263. The summed E-state index contributed by atoms with van der Waals surface area (Å²) in [6.45, 7) is 2.94. The molecule has 2 aromatic carbocycles. The zero-order valence-corrected chi connectivity index (χ0v) is 13.3. The second-order valence-electron chi connectivity index (χ2n) is 5.34. The molecular weight excluding hydrogens is 290 g/mol. The number of ketones is 1. The zero-order valence-electron chi connectivity index (χ0n) is 13.3. The van der Waals surface area contributed by atoms with Crippen LogP contribution in [0.2, 0.25) is 0 Å². The summed E-state index contributed by atoms with van der Waals surface area (Å²) >= 11 is 0. The first kappa shape index (κ1) is 16.7. The summed E-state index contributed by atoms with van der Waals surface area (Å²) in [5.41, 5.74) is 2.25. The minimum Gasteiger partial charge on any atom is -0.463 e. The Balaban J connectivity index is 1.97. The van der Waals surface area contributed by atoms with Crippen LogP contribution in [0.1, 0.15) is 18.9 Å². The Morgan fingerprint density at radius 2 is 1.57 bits per heavy atom. The molecule has 0 aliphatic rings. The first-order valence-electron chi connectivity index (χ1n) is 7.64. The van der Waals surface area contributed by atoms with Crippen molar-refractivity contribution in [3.05, 3.63) is 66.2 Å². The van der Waals surface area contributed by atoms with Crippen LogP contribution in [0.4, 0.5) is 5.69 Å². The van der Waals surface area contributed by atoms with Crippen molar-refractivity contribution in [2.24, 2.45) is 0 Å².